The van der Waals surface area contributed by atoms with E-state index in [9.17, 15) is 0 Å². The van der Waals surface area contributed by atoms with Gasteiger partial charge in [0.2, 0.25) is 0 Å². The summed E-state index contributed by atoms with van der Waals surface area (Å²) in [5.41, 5.74) is 6.67. The zero-order chi connectivity index (χ0) is 12.3. The van der Waals surface area contributed by atoms with E-state index in [0.29, 0.717) is 10.7 Å². The summed E-state index contributed by atoms with van der Waals surface area (Å²) in [5, 5.41) is 0.604. The highest BCUT2D eigenvalue weighted by Crippen LogP contribution is 2.27. The van der Waals surface area contributed by atoms with Gasteiger partial charge in [-0.3, -0.25) is 0 Å². The van der Waals surface area contributed by atoms with E-state index in [4.69, 9.17) is 17.3 Å². The molecule has 2 heterocycles. The lowest BCUT2D eigenvalue weighted by molar-refractivity contribution is 0.459. The number of hydrogen-bond donors (Lipinski definition) is 1. The average Bonchev–Trinajstić information content (AvgIpc) is 2.54. The molecule has 0 aliphatic carbocycles. The minimum Gasteiger partial charge on any atom is -0.396 e. The molecule has 0 spiro atoms. The summed E-state index contributed by atoms with van der Waals surface area (Å²) >= 11 is 5.87. The van der Waals surface area contributed by atoms with Gasteiger partial charge in [0, 0.05) is 19.3 Å². The lowest BCUT2D eigenvalue weighted by Gasteiger charge is -2.23. The Morgan fingerprint density at radius 1 is 1.47 bits per heavy atom. The lowest BCUT2D eigenvalue weighted by Crippen LogP contribution is -2.26. The second kappa shape index (κ2) is 5.58. The first-order valence-electron chi connectivity index (χ1n) is 6.36. The van der Waals surface area contributed by atoms with E-state index in [1.54, 1.807) is 12.3 Å². The van der Waals surface area contributed by atoms with Gasteiger partial charge in [0.15, 0.2) is 5.82 Å². The SMILES string of the molecule is CCC1CCCN(c2ncc(Cl)cc2N)CC1. The van der Waals surface area contributed by atoms with Crippen LogP contribution in [0.4, 0.5) is 11.5 Å². The molecule has 94 valence electrons. The summed E-state index contributed by atoms with van der Waals surface area (Å²) in [4.78, 5) is 6.66. The lowest BCUT2D eigenvalue weighted by atomic mass is 9.98. The molecule has 0 amide bonds. The largest absolute Gasteiger partial charge is 0.396 e. The van der Waals surface area contributed by atoms with Crippen LogP contribution in [0.2, 0.25) is 5.02 Å². The zero-order valence-corrected chi connectivity index (χ0v) is 11.1. The number of anilines is 2. The van der Waals surface area contributed by atoms with Crippen molar-refractivity contribution in [1.82, 2.24) is 4.98 Å². The van der Waals surface area contributed by atoms with E-state index >= 15 is 0 Å². The van der Waals surface area contributed by atoms with E-state index in [-0.39, 0.29) is 0 Å². The second-order valence-corrected chi connectivity index (χ2v) is 5.20. The third kappa shape index (κ3) is 3.03. The van der Waals surface area contributed by atoms with Crippen molar-refractivity contribution in [3.63, 3.8) is 0 Å². The second-order valence-electron chi connectivity index (χ2n) is 4.76. The van der Waals surface area contributed by atoms with Crippen molar-refractivity contribution >= 4 is 23.1 Å². The van der Waals surface area contributed by atoms with Gasteiger partial charge in [-0.15, -0.1) is 0 Å². The Balaban J connectivity index is 2.11. The van der Waals surface area contributed by atoms with Crippen molar-refractivity contribution < 1.29 is 0 Å². The predicted octanol–water partition coefficient (Wildman–Crippen LogP) is 3.33. The first kappa shape index (κ1) is 12.5. The molecule has 1 unspecified atom stereocenters. The number of pyridine rings is 1. The fraction of sp³-hybridized carbons (Fsp3) is 0.615. The molecule has 0 saturated carbocycles. The fourth-order valence-corrected chi connectivity index (χ4v) is 2.66. The molecule has 4 heteroatoms. The normalized spacial score (nSPS) is 21.3. The molecular formula is C13H20ClN3. The molecule has 0 bridgehead atoms. The smallest absolute Gasteiger partial charge is 0.151 e. The number of nitrogen functional groups attached to an aromatic ring is 1. The molecule has 1 fully saturated rings. The third-order valence-corrected chi connectivity index (χ3v) is 3.79. The minimum atomic E-state index is 0.604. The summed E-state index contributed by atoms with van der Waals surface area (Å²) in [6.45, 7) is 4.38. The Morgan fingerprint density at radius 2 is 2.29 bits per heavy atom. The summed E-state index contributed by atoms with van der Waals surface area (Å²) in [6, 6.07) is 1.78. The summed E-state index contributed by atoms with van der Waals surface area (Å²) < 4.78 is 0. The monoisotopic (exact) mass is 253 g/mol. The van der Waals surface area contributed by atoms with E-state index in [2.05, 4.69) is 16.8 Å². The van der Waals surface area contributed by atoms with Crippen molar-refractivity contribution in [2.75, 3.05) is 23.7 Å². The highest BCUT2D eigenvalue weighted by atomic mass is 35.5. The van der Waals surface area contributed by atoms with Gasteiger partial charge >= 0.3 is 0 Å². The quantitative estimate of drug-likeness (QED) is 0.879. The number of aromatic nitrogens is 1. The number of rotatable bonds is 2. The molecule has 1 aliphatic heterocycles. The highest BCUT2D eigenvalue weighted by molar-refractivity contribution is 6.30. The maximum Gasteiger partial charge on any atom is 0.151 e. The van der Waals surface area contributed by atoms with Crippen LogP contribution in [0.3, 0.4) is 0 Å². The number of nitrogens with two attached hydrogens (primary N) is 1. The fourth-order valence-electron chi connectivity index (χ4n) is 2.50. The molecule has 0 aromatic carbocycles. The van der Waals surface area contributed by atoms with Gasteiger partial charge in [0.25, 0.3) is 0 Å². The van der Waals surface area contributed by atoms with Crippen molar-refractivity contribution in [2.45, 2.75) is 32.6 Å². The van der Waals surface area contributed by atoms with E-state index in [1.807, 2.05) is 0 Å². The number of halogens is 1. The van der Waals surface area contributed by atoms with Gasteiger partial charge in [0.1, 0.15) is 0 Å². The van der Waals surface area contributed by atoms with Crippen molar-refractivity contribution in [1.29, 1.82) is 0 Å². The maximum absolute atomic E-state index is 5.98. The molecule has 0 radical (unpaired) electrons. The van der Waals surface area contributed by atoms with Crippen LogP contribution in [0.25, 0.3) is 0 Å². The van der Waals surface area contributed by atoms with Crippen LogP contribution in [0.1, 0.15) is 32.6 Å². The summed E-state index contributed by atoms with van der Waals surface area (Å²) in [5.74, 6) is 1.75. The minimum absolute atomic E-state index is 0.604. The molecule has 17 heavy (non-hydrogen) atoms. The average molecular weight is 254 g/mol. The Labute approximate surface area is 108 Å². The summed E-state index contributed by atoms with van der Waals surface area (Å²) in [7, 11) is 0. The van der Waals surface area contributed by atoms with Crippen LogP contribution in [0.5, 0.6) is 0 Å². The van der Waals surface area contributed by atoms with Crippen LogP contribution < -0.4 is 10.6 Å². The van der Waals surface area contributed by atoms with Crippen molar-refractivity contribution in [2.24, 2.45) is 5.92 Å². The van der Waals surface area contributed by atoms with Gasteiger partial charge in [-0.2, -0.15) is 0 Å². The Bertz CT molecular complexity index is 381. The van der Waals surface area contributed by atoms with E-state index < -0.39 is 0 Å². The molecule has 1 aromatic rings. The van der Waals surface area contributed by atoms with Gasteiger partial charge in [-0.25, -0.2) is 4.98 Å². The van der Waals surface area contributed by atoms with Gasteiger partial charge in [-0.05, 0) is 31.2 Å². The summed E-state index contributed by atoms with van der Waals surface area (Å²) in [6.07, 6.45) is 6.73. The molecule has 1 aliphatic rings. The first-order valence-corrected chi connectivity index (χ1v) is 6.74. The molecule has 2 rings (SSSR count). The van der Waals surface area contributed by atoms with Gasteiger partial charge in [0.05, 0.1) is 10.7 Å². The Kier molecular flexibility index (Phi) is 4.11. The van der Waals surface area contributed by atoms with E-state index in [0.717, 1.165) is 24.8 Å². The van der Waals surface area contributed by atoms with Crippen LogP contribution in [-0.4, -0.2) is 18.1 Å². The molecule has 1 atom stereocenters. The Hall–Kier alpha value is -0.960. The first-order chi connectivity index (χ1) is 8.20. The van der Waals surface area contributed by atoms with E-state index in [1.165, 1.54) is 25.7 Å². The topological polar surface area (TPSA) is 42.2 Å². The highest BCUT2D eigenvalue weighted by Gasteiger charge is 2.18. The van der Waals surface area contributed by atoms with Crippen LogP contribution in [0.15, 0.2) is 12.3 Å². The Morgan fingerprint density at radius 3 is 3.00 bits per heavy atom. The van der Waals surface area contributed by atoms with Crippen LogP contribution in [0, 0.1) is 5.92 Å². The molecule has 2 N–H and O–H groups in total. The molecular weight excluding hydrogens is 234 g/mol. The van der Waals surface area contributed by atoms with Crippen LogP contribution >= 0.6 is 11.6 Å². The molecule has 1 aromatic heterocycles. The van der Waals surface area contributed by atoms with Crippen molar-refractivity contribution in [3.8, 4) is 0 Å². The number of nitrogens with zero attached hydrogens (tertiary/aromatic N) is 2. The predicted molar refractivity (Wildman–Crippen MR) is 73.5 cm³/mol. The zero-order valence-electron chi connectivity index (χ0n) is 10.3. The number of hydrogen-bond acceptors (Lipinski definition) is 3. The van der Waals surface area contributed by atoms with Crippen molar-refractivity contribution in [3.05, 3.63) is 17.3 Å². The van der Waals surface area contributed by atoms with Crippen LogP contribution in [-0.2, 0) is 0 Å². The standard InChI is InChI=1S/C13H20ClN3/c1-2-10-4-3-6-17(7-5-10)13-12(15)8-11(14)9-16-13/h8-10H,2-7,15H2,1H3. The molecule has 1 saturated heterocycles. The van der Waals surface area contributed by atoms with Gasteiger partial charge < -0.3 is 10.6 Å². The molecule has 3 nitrogen and oxygen atoms in total. The third-order valence-electron chi connectivity index (χ3n) is 3.59. The van der Waals surface area contributed by atoms with Gasteiger partial charge in [-0.1, -0.05) is 24.9 Å². The maximum atomic E-state index is 5.98.